The Kier molecular flexibility index (Phi) is 6.45. The minimum atomic E-state index is -0.338. The van der Waals surface area contributed by atoms with Crippen molar-refractivity contribution in [1.29, 1.82) is 0 Å². The molecule has 144 valence electrons. The Morgan fingerprint density at radius 1 is 1.30 bits per heavy atom. The molecule has 1 aromatic carbocycles. The minimum absolute atomic E-state index is 0.127. The second kappa shape index (κ2) is 8.99. The van der Waals surface area contributed by atoms with Gasteiger partial charge in [-0.3, -0.25) is 10.1 Å². The lowest BCUT2D eigenvalue weighted by Gasteiger charge is -2.35. The SMILES string of the molecule is CCC1CCCCN1C(=O)Cc1csc(NC(=O)Nc2cccc(C)c2)n1. The van der Waals surface area contributed by atoms with E-state index in [2.05, 4.69) is 22.5 Å². The summed E-state index contributed by atoms with van der Waals surface area (Å²) in [7, 11) is 0. The van der Waals surface area contributed by atoms with Gasteiger partial charge in [-0.25, -0.2) is 9.78 Å². The number of likely N-dealkylation sites (tertiary alicyclic amines) is 1. The highest BCUT2D eigenvalue weighted by molar-refractivity contribution is 7.14. The van der Waals surface area contributed by atoms with Crippen molar-refractivity contribution >= 4 is 34.1 Å². The van der Waals surface area contributed by atoms with E-state index < -0.39 is 0 Å². The molecule has 2 aromatic rings. The highest BCUT2D eigenvalue weighted by Gasteiger charge is 2.25. The summed E-state index contributed by atoms with van der Waals surface area (Å²) >= 11 is 1.33. The number of carbonyl (C=O) groups is 2. The first-order valence-corrected chi connectivity index (χ1v) is 10.3. The average Bonchev–Trinajstić information content (AvgIpc) is 3.08. The summed E-state index contributed by atoms with van der Waals surface area (Å²) in [6.07, 6.45) is 4.64. The molecule has 1 aliphatic heterocycles. The van der Waals surface area contributed by atoms with E-state index in [1.54, 1.807) is 0 Å². The Balaban J connectivity index is 1.54. The first-order valence-electron chi connectivity index (χ1n) is 9.43. The number of nitrogens with one attached hydrogen (secondary N) is 2. The number of anilines is 2. The maximum Gasteiger partial charge on any atom is 0.325 e. The van der Waals surface area contributed by atoms with E-state index in [1.165, 1.54) is 17.8 Å². The van der Waals surface area contributed by atoms with Gasteiger partial charge < -0.3 is 10.2 Å². The van der Waals surface area contributed by atoms with Crippen LogP contribution in [0, 0.1) is 6.92 Å². The van der Waals surface area contributed by atoms with Gasteiger partial charge in [0, 0.05) is 23.7 Å². The van der Waals surface area contributed by atoms with Crippen LogP contribution in [-0.2, 0) is 11.2 Å². The normalized spacial score (nSPS) is 16.8. The van der Waals surface area contributed by atoms with Crippen LogP contribution in [0.4, 0.5) is 15.6 Å². The summed E-state index contributed by atoms with van der Waals surface area (Å²) in [6.45, 7) is 4.94. The number of hydrogen-bond donors (Lipinski definition) is 2. The van der Waals surface area contributed by atoms with Crippen LogP contribution >= 0.6 is 11.3 Å². The van der Waals surface area contributed by atoms with Crippen LogP contribution in [0.25, 0.3) is 0 Å². The number of thiazole rings is 1. The van der Waals surface area contributed by atoms with Crippen LogP contribution in [-0.4, -0.2) is 34.4 Å². The van der Waals surface area contributed by atoms with E-state index in [0.717, 1.165) is 37.1 Å². The lowest BCUT2D eigenvalue weighted by molar-refractivity contribution is -0.134. The van der Waals surface area contributed by atoms with Crippen molar-refractivity contribution in [2.24, 2.45) is 0 Å². The van der Waals surface area contributed by atoms with Gasteiger partial charge in [0.15, 0.2) is 5.13 Å². The molecule has 1 atom stereocenters. The van der Waals surface area contributed by atoms with Crippen molar-refractivity contribution in [2.75, 3.05) is 17.2 Å². The predicted molar refractivity (Wildman–Crippen MR) is 109 cm³/mol. The van der Waals surface area contributed by atoms with E-state index in [-0.39, 0.29) is 18.4 Å². The van der Waals surface area contributed by atoms with Crippen molar-refractivity contribution in [2.45, 2.75) is 52.0 Å². The topological polar surface area (TPSA) is 74.3 Å². The molecule has 0 aliphatic carbocycles. The summed E-state index contributed by atoms with van der Waals surface area (Å²) in [6, 6.07) is 7.61. The zero-order chi connectivity index (χ0) is 19.2. The van der Waals surface area contributed by atoms with Crippen molar-refractivity contribution in [3.05, 3.63) is 40.9 Å². The molecule has 0 bridgehead atoms. The maximum absolute atomic E-state index is 12.6. The van der Waals surface area contributed by atoms with Crippen LogP contribution in [0.5, 0.6) is 0 Å². The van der Waals surface area contributed by atoms with Gasteiger partial charge in [0.05, 0.1) is 12.1 Å². The molecule has 3 amide bonds. The number of amides is 3. The molecular formula is C20H26N4O2S. The predicted octanol–water partition coefficient (Wildman–Crippen LogP) is 4.43. The standard InChI is InChI=1S/C20H26N4O2S/c1-3-17-9-4-5-10-24(17)18(25)12-16-13-27-20(22-16)23-19(26)21-15-8-6-7-14(2)11-15/h6-8,11,13,17H,3-5,9-10,12H2,1-2H3,(H2,21,22,23,26). The first kappa shape index (κ1) is 19.4. The molecule has 27 heavy (non-hydrogen) atoms. The molecule has 1 aromatic heterocycles. The number of piperidine rings is 1. The largest absolute Gasteiger partial charge is 0.339 e. The molecule has 0 radical (unpaired) electrons. The van der Waals surface area contributed by atoms with Crippen molar-refractivity contribution in [3.8, 4) is 0 Å². The van der Waals surface area contributed by atoms with E-state index in [0.29, 0.717) is 16.9 Å². The van der Waals surface area contributed by atoms with Crippen LogP contribution in [0.1, 0.15) is 43.9 Å². The Morgan fingerprint density at radius 3 is 2.93 bits per heavy atom. The van der Waals surface area contributed by atoms with Crippen molar-refractivity contribution < 1.29 is 9.59 Å². The Hall–Kier alpha value is -2.41. The van der Waals surface area contributed by atoms with E-state index in [9.17, 15) is 9.59 Å². The Bertz CT molecular complexity index is 805. The fourth-order valence-electron chi connectivity index (χ4n) is 3.44. The Morgan fingerprint density at radius 2 is 2.15 bits per heavy atom. The second-order valence-corrected chi connectivity index (χ2v) is 7.77. The van der Waals surface area contributed by atoms with Crippen molar-refractivity contribution in [1.82, 2.24) is 9.88 Å². The van der Waals surface area contributed by atoms with E-state index in [1.807, 2.05) is 41.5 Å². The molecule has 1 unspecified atom stereocenters. The summed E-state index contributed by atoms with van der Waals surface area (Å²) in [5.41, 5.74) is 2.51. The van der Waals surface area contributed by atoms with Gasteiger partial charge in [0.1, 0.15) is 0 Å². The number of aromatic nitrogens is 1. The lowest BCUT2D eigenvalue weighted by Crippen LogP contribution is -2.44. The molecule has 2 N–H and O–H groups in total. The van der Waals surface area contributed by atoms with Gasteiger partial charge in [-0.2, -0.15) is 0 Å². The highest BCUT2D eigenvalue weighted by Crippen LogP contribution is 2.22. The molecule has 0 spiro atoms. The second-order valence-electron chi connectivity index (χ2n) is 6.91. The van der Waals surface area contributed by atoms with Crippen LogP contribution < -0.4 is 10.6 Å². The quantitative estimate of drug-likeness (QED) is 0.798. The maximum atomic E-state index is 12.6. The fourth-order valence-corrected chi connectivity index (χ4v) is 4.14. The molecule has 3 rings (SSSR count). The summed E-state index contributed by atoms with van der Waals surface area (Å²) < 4.78 is 0. The van der Waals surface area contributed by atoms with Gasteiger partial charge in [-0.05, 0) is 50.3 Å². The van der Waals surface area contributed by atoms with Crippen LogP contribution in [0.2, 0.25) is 0 Å². The van der Waals surface area contributed by atoms with Gasteiger partial charge in [-0.15, -0.1) is 11.3 Å². The van der Waals surface area contributed by atoms with Gasteiger partial charge in [0.25, 0.3) is 0 Å². The monoisotopic (exact) mass is 386 g/mol. The molecule has 1 saturated heterocycles. The molecule has 1 fully saturated rings. The van der Waals surface area contributed by atoms with E-state index >= 15 is 0 Å². The molecule has 6 nitrogen and oxygen atoms in total. The average molecular weight is 387 g/mol. The highest BCUT2D eigenvalue weighted by atomic mass is 32.1. The first-order chi connectivity index (χ1) is 13.0. The number of aryl methyl sites for hydroxylation is 1. The number of nitrogens with zero attached hydrogens (tertiary/aromatic N) is 2. The summed E-state index contributed by atoms with van der Waals surface area (Å²) in [5, 5.41) is 7.86. The number of carbonyl (C=O) groups excluding carboxylic acids is 2. The fraction of sp³-hybridized carbons (Fsp3) is 0.450. The van der Waals surface area contributed by atoms with Gasteiger partial charge in [-0.1, -0.05) is 19.1 Å². The van der Waals surface area contributed by atoms with Crippen molar-refractivity contribution in [3.63, 3.8) is 0 Å². The van der Waals surface area contributed by atoms with Gasteiger partial charge >= 0.3 is 6.03 Å². The molecule has 2 heterocycles. The molecule has 0 saturated carbocycles. The third kappa shape index (κ3) is 5.29. The molecule has 7 heteroatoms. The number of hydrogen-bond acceptors (Lipinski definition) is 4. The van der Waals surface area contributed by atoms with Crippen LogP contribution in [0.15, 0.2) is 29.6 Å². The zero-order valence-electron chi connectivity index (χ0n) is 15.8. The van der Waals surface area contributed by atoms with Crippen LogP contribution in [0.3, 0.4) is 0 Å². The summed E-state index contributed by atoms with van der Waals surface area (Å²) in [4.78, 5) is 31.1. The lowest BCUT2D eigenvalue weighted by atomic mass is 9.99. The number of benzene rings is 1. The van der Waals surface area contributed by atoms with E-state index in [4.69, 9.17) is 0 Å². The Labute approximate surface area is 164 Å². The summed E-state index contributed by atoms with van der Waals surface area (Å²) in [5.74, 6) is 0.127. The number of urea groups is 1. The molecule has 1 aliphatic rings. The minimum Gasteiger partial charge on any atom is -0.339 e. The zero-order valence-corrected chi connectivity index (χ0v) is 16.6. The van der Waals surface area contributed by atoms with Gasteiger partial charge in [0.2, 0.25) is 5.91 Å². The third-order valence-corrected chi connectivity index (χ3v) is 5.61. The number of rotatable bonds is 5. The molecular weight excluding hydrogens is 360 g/mol. The third-order valence-electron chi connectivity index (χ3n) is 4.80. The smallest absolute Gasteiger partial charge is 0.325 e.